The van der Waals surface area contributed by atoms with E-state index in [0.717, 1.165) is 44.2 Å². The van der Waals surface area contributed by atoms with Gasteiger partial charge < -0.3 is 13.6 Å². The van der Waals surface area contributed by atoms with Crippen molar-refractivity contribution in [1.29, 1.82) is 0 Å². The Morgan fingerprint density at radius 2 is 0.941 bits per heavy atom. The van der Waals surface area contributed by atoms with E-state index in [0.29, 0.717) is 0 Å². The fraction of sp³-hybridized carbons (Fsp3) is 0. The van der Waals surface area contributed by atoms with Crippen LogP contribution in [-0.4, -0.2) is 9.13 Å². The Morgan fingerprint density at radius 1 is 0.333 bits per heavy atom. The van der Waals surface area contributed by atoms with Gasteiger partial charge in [-0.1, -0.05) is 121 Å². The minimum atomic E-state index is 0.906. The van der Waals surface area contributed by atoms with E-state index in [1.807, 2.05) is 6.07 Å². The minimum absolute atomic E-state index is 0.906. The van der Waals surface area contributed by atoms with Crippen molar-refractivity contribution < 1.29 is 4.42 Å². The van der Waals surface area contributed by atoms with E-state index in [1.54, 1.807) is 0 Å². The first-order chi connectivity index (χ1) is 25.3. The summed E-state index contributed by atoms with van der Waals surface area (Å²) in [7, 11) is 0. The minimum Gasteiger partial charge on any atom is -0.455 e. The SMILES string of the molecule is c1ccc(-c2ccc(-n3c4ccccc4c4c3ccc3c5c6oc7ccccc7c6ccc5n(-c5cccc(-c6ccccc6)c5)c34)cc2)cc1. The summed E-state index contributed by atoms with van der Waals surface area (Å²) >= 11 is 0. The Bertz CT molecular complexity index is 3110. The van der Waals surface area contributed by atoms with Gasteiger partial charge in [-0.15, -0.1) is 0 Å². The van der Waals surface area contributed by atoms with Crippen LogP contribution in [0.3, 0.4) is 0 Å². The topological polar surface area (TPSA) is 23.0 Å². The first-order valence-corrected chi connectivity index (χ1v) is 17.4. The number of rotatable bonds is 4. The molecule has 8 aromatic carbocycles. The maximum Gasteiger partial charge on any atom is 0.145 e. The van der Waals surface area contributed by atoms with E-state index in [-0.39, 0.29) is 0 Å². The van der Waals surface area contributed by atoms with Crippen LogP contribution in [0.15, 0.2) is 186 Å². The van der Waals surface area contributed by atoms with Gasteiger partial charge in [0.15, 0.2) is 0 Å². The lowest BCUT2D eigenvalue weighted by Crippen LogP contribution is -1.96. The molecule has 0 atom stereocenters. The molecule has 11 rings (SSSR count). The molecule has 238 valence electrons. The number of benzene rings is 8. The predicted molar refractivity (Wildman–Crippen MR) is 213 cm³/mol. The monoisotopic (exact) mass is 650 g/mol. The van der Waals surface area contributed by atoms with Gasteiger partial charge in [0.1, 0.15) is 11.2 Å². The standard InChI is InChI=1S/C48H30N2O/c1-3-12-31(13-4-1)33-22-24-35(25-23-33)49-41-20-9-7-19-39(41)45-42(49)29-27-40-46-43(28-26-38-37-18-8-10-21-44(37)51-48(38)46)50(47(40)45)36-17-11-16-34(30-36)32-14-5-2-6-15-32/h1-30H. The number of fused-ring (bicyclic) bond motifs is 11. The molecule has 51 heavy (non-hydrogen) atoms. The fourth-order valence-corrected chi connectivity index (χ4v) is 8.26. The highest BCUT2D eigenvalue weighted by molar-refractivity contribution is 6.31. The molecular weight excluding hydrogens is 621 g/mol. The second kappa shape index (κ2) is 10.8. The third-order valence-corrected chi connectivity index (χ3v) is 10.5. The van der Waals surface area contributed by atoms with E-state index in [2.05, 4.69) is 185 Å². The summed E-state index contributed by atoms with van der Waals surface area (Å²) in [5, 5.41) is 7.02. The number of para-hydroxylation sites is 2. The van der Waals surface area contributed by atoms with Crippen molar-refractivity contribution in [1.82, 2.24) is 9.13 Å². The second-order valence-electron chi connectivity index (χ2n) is 13.3. The lowest BCUT2D eigenvalue weighted by Gasteiger charge is -2.12. The Hall–Kier alpha value is -6.84. The summed E-state index contributed by atoms with van der Waals surface area (Å²) in [5.74, 6) is 0. The highest BCUT2D eigenvalue weighted by atomic mass is 16.3. The van der Waals surface area contributed by atoms with Gasteiger partial charge in [-0.3, -0.25) is 0 Å². The molecular formula is C48H30N2O. The molecule has 3 nitrogen and oxygen atoms in total. The van der Waals surface area contributed by atoms with Crippen molar-refractivity contribution in [3.63, 3.8) is 0 Å². The second-order valence-corrected chi connectivity index (χ2v) is 13.3. The molecule has 3 heteroatoms. The van der Waals surface area contributed by atoms with Gasteiger partial charge in [-0.2, -0.15) is 0 Å². The maximum absolute atomic E-state index is 6.72. The van der Waals surface area contributed by atoms with Crippen LogP contribution in [0, 0.1) is 0 Å². The lowest BCUT2D eigenvalue weighted by molar-refractivity contribution is 0.673. The van der Waals surface area contributed by atoms with Gasteiger partial charge in [0.2, 0.25) is 0 Å². The summed E-state index contributed by atoms with van der Waals surface area (Å²) < 4.78 is 11.6. The molecule has 0 unspecified atom stereocenters. The van der Waals surface area contributed by atoms with E-state index < -0.39 is 0 Å². The Labute approximate surface area is 293 Å². The highest BCUT2D eigenvalue weighted by Crippen LogP contribution is 2.45. The molecule has 0 aliphatic rings. The zero-order valence-corrected chi connectivity index (χ0v) is 27.6. The number of hydrogen-bond acceptors (Lipinski definition) is 1. The van der Waals surface area contributed by atoms with Crippen LogP contribution < -0.4 is 0 Å². The van der Waals surface area contributed by atoms with Crippen LogP contribution in [0.2, 0.25) is 0 Å². The normalized spacial score (nSPS) is 11.9. The van der Waals surface area contributed by atoms with Crippen LogP contribution in [0.4, 0.5) is 0 Å². The lowest BCUT2D eigenvalue weighted by atomic mass is 10.0. The van der Waals surface area contributed by atoms with Gasteiger partial charge in [-0.25, -0.2) is 0 Å². The molecule has 0 N–H and O–H groups in total. The Morgan fingerprint density at radius 3 is 1.73 bits per heavy atom. The summed E-state index contributed by atoms with van der Waals surface area (Å²) in [6.45, 7) is 0. The largest absolute Gasteiger partial charge is 0.455 e. The molecule has 0 spiro atoms. The molecule has 0 amide bonds. The van der Waals surface area contributed by atoms with Crippen molar-refractivity contribution in [3.8, 4) is 33.6 Å². The summed E-state index contributed by atoms with van der Waals surface area (Å²) in [6, 6.07) is 65.4. The van der Waals surface area contributed by atoms with Gasteiger partial charge in [0, 0.05) is 38.3 Å². The molecule has 0 fully saturated rings. The molecule has 0 aliphatic carbocycles. The third-order valence-electron chi connectivity index (χ3n) is 10.5. The van der Waals surface area contributed by atoms with Crippen LogP contribution in [0.5, 0.6) is 0 Å². The first kappa shape index (κ1) is 28.0. The highest BCUT2D eigenvalue weighted by Gasteiger charge is 2.24. The molecule has 0 saturated carbocycles. The van der Waals surface area contributed by atoms with Crippen molar-refractivity contribution >= 4 is 65.6 Å². The smallest absolute Gasteiger partial charge is 0.145 e. The number of aromatic nitrogens is 2. The fourth-order valence-electron chi connectivity index (χ4n) is 8.26. The molecule has 3 heterocycles. The molecule has 0 bridgehead atoms. The number of nitrogens with zero attached hydrogens (tertiary/aromatic N) is 2. The van der Waals surface area contributed by atoms with Crippen molar-refractivity contribution in [3.05, 3.63) is 182 Å². The van der Waals surface area contributed by atoms with Gasteiger partial charge in [0.25, 0.3) is 0 Å². The molecule has 3 aromatic heterocycles. The van der Waals surface area contributed by atoms with E-state index in [9.17, 15) is 0 Å². The third kappa shape index (κ3) is 4.12. The number of furan rings is 1. The van der Waals surface area contributed by atoms with Gasteiger partial charge >= 0.3 is 0 Å². The van der Waals surface area contributed by atoms with E-state index >= 15 is 0 Å². The average molecular weight is 651 g/mol. The molecule has 0 radical (unpaired) electrons. The number of hydrogen-bond donors (Lipinski definition) is 0. The van der Waals surface area contributed by atoms with Crippen LogP contribution in [-0.2, 0) is 0 Å². The summed E-state index contributed by atoms with van der Waals surface area (Å²) in [4.78, 5) is 0. The molecule has 0 saturated heterocycles. The van der Waals surface area contributed by atoms with Crippen LogP contribution in [0.1, 0.15) is 0 Å². The zero-order chi connectivity index (χ0) is 33.5. The maximum atomic E-state index is 6.72. The first-order valence-electron chi connectivity index (χ1n) is 17.4. The van der Waals surface area contributed by atoms with Gasteiger partial charge in [-0.05, 0) is 82.9 Å². The quantitative estimate of drug-likeness (QED) is 0.186. The molecule has 11 aromatic rings. The van der Waals surface area contributed by atoms with E-state index in [4.69, 9.17) is 4.42 Å². The predicted octanol–water partition coefficient (Wildman–Crippen LogP) is 13.1. The Kier molecular flexibility index (Phi) is 5.96. The van der Waals surface area contributed by atoms with Crippen molar-refractivity contribution in [2.45, 2.75) is 0 Å². The molecule has 0 aliphatic heterocycles. The zero-order valence-electron chi connectivity index (χ0n) is 27.6. The van der Waals surface area contributed by atoms with Crippen molar-refractivity contribution in [2.75, 3.05) is 0 Å². The van der Waals surface area contributed by atoms with Crippen LogP contribution in [0.25, 0.3) is 99.2 Å². The van der Waals surface area contributed by atoms with Gasteiger partial charge in [0.05, 0.1) is 27.5 Å². The van der Waals surface area contributed by atoms with E-state index in [1.165, 1.54) is 55.0 Å². The average Bonchev–Trinajstić information content (AvgIpc) is 3.86. The summed E-state index contributed by atoms with van der Waals surface area (Å²) in [5.41, 5.74) is 13.5. The Balaban J connectivity index is 1.27. The van der Waals surface area contributed by atoms with Crippen molar-refractivity contribution in [2.24, 2.45) is 0 Å². The van der Waals surface area contributed by atoms with Crippen LogP contribution >= 0.6 is 0 Å². The summed E-state index contributed by atoms with van der Waals surface area (Å²) in [6.07, 6.45) is 0.